The van der Waals surface area contributed by atoms with Crippen LogP contribution in [0.5, 0.6) is 0 Å². The minimum Gasteiger partial charge on any atom is -0.463 e. The molecule has 0 unspecified atom stereocenters. The molecule has 136 valence electrons. The highest BCUT2D eigenvalue weighted by Crippen LogP contribution is 2.15. The quantitative estimate of drug-likeness (QED) is 0.574. The third kappa shape index (κ3) is 3.34. The fraction of sp³-hybridized carbons (Fsp3) is 0.167. The van der Waals surface area contributed by atoms with Crippen LogP contribution in [0.3, 0.4) is 0 Å². The lowest BCUT2D eigenvalue weighted by atomic mass is 10.3. The van der Waals surface area contributed by atoms with Gasteiger partial charge in [0.05, 0.1) is 12.3 Å². The first kappa shape index (κ1) is 16.7. The third-order valence-electron chi connectivity index (χ3n) is 4.04. The van der Waals surface area contributed by atoms with Gasteiger partial charge < -0.3 is 9.73 Å². The molecular weight excluding hydrogens is 348 g/mol. The minimum atomic E-state index is -0.390. The molecule has 0 fully saturated rings. The summed E-state index contributed by atoms with van der Waals surface area (Å²) in [5, 5.41) is 15.2. The average molecular weight is 364 g/mol. The Labute approximate surface area is 153 Å². The van der Waals surface area contributed by atoms with E-state index in [1.807, 2.05) is 24.4 Å². The molecule has 0 saturated heterocycles. The van der Waals surface area contributed by atoms with Gasteiger partial charge in [-0.05, 0) is 37.3 Å². The van der Waals surface area contributed by atoms with Crippen molar-refractivity contribution in [2.24, 2.45) is 0 Å². The molecule has 0 aliphatic carbocycles. The highest BCUT2D eigenvalue weighted by molar-refractivity contribution is 5.76. The molecule has 9 heteroatoms. The summed E-state index contributed by atoms with van der Waals surface area (Å²) in [6, 6.07) is 11.5. The standard InChI is InChI=1S/C18H16N6O3/c1-12(18-21-20-15-6-2-3-9-23(15)18)19-16(25)11-24-17(26)8-7-13(22-24)14-5-4-10-27-14/h2-10,12H,11H2,1H3,(H,19,25)/t12-/m0/s1. The molecule has 0 aliphatic rings. The summed E-state index contributed by atoms with van der Waals surface area (Å²) in [5.41, 5.74) is 0.794. The van der Waals surface area contributed by atoms with Crippen molar-refractivity contribution in [1.82, 2.24) is 29.7 Å². The number of aromatic nitrogens is 5. The predicted octanol–water partition coefficient (Wildman–Crippen LogP) is 1.42. The molecular formula is C18H16N6O3. The van der Waals surface area contributed by atoms with Crippen LogP contribution < -0.4 is 10.9 Å². The van der Waals surface area contributed by atoms with Gasteiger partial charge in [-0.2, -0.15) is 5.10 Å². The van der Waals surface area contributed by atoms with Gasteiger partial charge in [0.25, 0.3) is 5.56 Å². The highest BCUT2D eigenvalue weighted by Gasteiger charge is 2.17. The van der Waals surface area contributed by atoms with Gasteiger partial charge in [0, 0.05) is 12.3 Å². The summed E-state index contributed by atoms with van der Waals surface area (Å²) >= 11 is 0. The van der Waals surface area contributed by atoms with Crippen molar-refractivity contribution in [3.8, 4) is 11.5 Å². The molecule has 0 bridgehead atoms. The van der Waals surface area contributed by atoms with Crippen molar-refractivity contribution in [3.63, 3.8) is 0 Å². The fourth-order valence-electron chi connectivity index (χ4n) is 2.76. The topological polar surface area (TPSA) is 107 Å². The van der Waals surface area contributed by atoms with Crippen LogP contribution in [0.15, 0.2) is 64.1 Å². The van der Waals surface area contributed by atoms with Crippen LogP contribution in [-0.2, 0) is 11.3 Å². The summed E-state index contributed by atoms with van der Waals surface area (Å²) in [6.45, 7) is 1.59. The van der Waals surface area contributed by atoms with Crippen LogP contribution in [0.2, 0.25) is 0 Å². The number of pyridine rings is 1. The maximum Gasteiger partial charge on any atom is 0.267 e. The van der Waals surface area contributed by atoms with Crippen LogP contribution >= 0.6 is 0 Å². The Kier molecular flexibility index (Phi) is 4.25. The van der Waals surface area contributed by atoms with Gasteiger partial charge >= 0.3 is 0 Å². The second-order valence-electron chi connectivity index (χ2n) is 5.97. The first-order valence-corrected chi connectivity index (χ1v) is 8.33. The molecule has 1 atom stereocenters. The molecule has 4 aromatic rings. The lowest BCUT2D eigenvalue weighted by Crippen LogP contribution is -2.35. The monoisotopic (exact) mass is 364 g/mol. The Hall–Kier alpha value is -3.75. The van der Waals surface area contributed by atoms with Gasteiger partial charge in [0.15, 0.2) is 17.2 Å². The maximum atomic E-state index is 12.4. The second-order valence-corrected chi connectivity index (χ2v) is 5.97. The van der Waals surface area contributed by atoms with Crippen molar-refractivity contribution in [3.05, 3.63) is 71.1 Å². The van der Waals surface area contributed by atoms with Gasteiger partial charge in [0.1, 0.15) is 12.2 Å². The van der Waals surface area contributed by atoms with E-state index in [1.54, 1.807) is 29.5 Å². The van der Waals surface area contributed by atoms with Crippen LogP contribution in [0.4, 0.5) is 0 Å². The van der Waals surface area contributed by atoms with Crippen molar-refractivity contribution >= 4 is 11.6 Å². The maximum absolute atomic E-state index is 12.4. The van der Waals surface area contributed by atoms with Crippen molar-refractivity contribution in [2.75, 3.05) is 0 Å². The van der Waals surface area contributed by atoms with Gasteiger partial charge in [-0.15, -0.1) is 10.2 Å². The predicted molar refractivity (Wildman–Crippen MR) is 95.7 cm³/mol. The molecule has 27 heavy (non-hydrogen) atoms. The molecule has 0 aromatic carbocycles. The molecule has 1 N–H and O–H groups in total. The van der Waals surface area contributed by atoms with Gasteiger partial charge in [-0.25, -0.2) is 4.68 Å². The van der Waals surface area contributed by atoms with E-state index < -0.39 is 0 Å². The second kappa shape index (κ2) is 6.87. The number of carbonyl (C=O) groups excluding carboxylic acids is 1. The Morgan fingerprint density at radius 1 is 1.19 bits per heavy atom. The van der Waals surface area contributed by atoms with Crippen LogP contribution in [0.25, 0.3) is 17.1 Å². The normalized spacial score (nSPS) is 12.2. The van der Waals surface area contributed by atoms with E-state index in [0.717, 1.165) is 4.68 Å². The number of nitrogens with zero attached hydrogens (tertiary/aromatic N) is 5. The molecule has 1 amide bonds. The minimum absolute atomic E-state index is 0.214. The molecule has 4 aromatic heterocycles. The van der Waals surface area contributed by atoms with Gasteiger partial charge in [-0.3, -0.25) is 14.0 Å². The Balaban J connectivity index is 1.51. The van der Waals surface area contributed by atoms with E-state index in [-0.39, 0.29) is 24.1 Å². The van der Waals surface area contributed by atoms with Gasteiger partial charge in [0.2, 0.25) is 5.91 Å². The summed E-state index contributed by atoms with van der Waals surface area (Å²) in [7, 11) is 0. The smallest absolute Gasteiger partial charge is 0.267 e. The number of carbonyl (C=O) groups is 1. The lowest BCUT2D eigenvalue weighted by Gasteiger charge is -2.13. The Morgan fingerprint density at radius 2 is 2.07 bits per heavy atom. The summed E-state index contributed by atoms with van der Waals surface area (Å²) in [5.74, 6) is 0.762. The molecule has 4 rings (SSSR count). The molecule has 0 aliphatic heterocycles. The number of hydrogen-bond acceptors (Lipinski definition) is 6. The van der Waals surface area contributed by atoms with E-state index in [0.29, 0.717) is 22.9 Å². The Bertz CT molecular complexity index is 1150. The summed E-state index contributed by atoms with van der Waals surface area (Å²) in [4.78, 5) is 24.4. The number of nitrogens with one attached hydrogen (secondary N) is 1. The van der Waals surface area contributed by atoms with Crippen LogP contribution in [-0.4, -0.2) is 30.3 Å². The van der Waals surface area contributed by atoms with Crippen molar-refractivity contribution < 1.29 is 9.21 Å². The number of hydrogen-bond donors (Lipinski definition) is 1. The fourth-order valence-corrected chi connectivity index (χ4v) is 2.76. The molecule has 4 heterocycles. The summed E-state index contributed by atoms with van der Waals surface area (Å²) < 4.78 is 8.17. The van der Waals surface area contributed by atoms with E-state index in [2.05, 4.69) is 20.6 Å². The molecule has 0 spiro atoms. The number of rotatable bonds is 5. The zero-order valence-electron chi connectivity index (χ0n) is 14.4. The van der Waals surface area contributed by atoms with E-state index in [1.165, 1.54) is 12.3 Å². The zero-order chi connectivity index (χ0) is 18.8. The number of fused-ring (bicyclic) bond motifs is 1. The molecule has 0 saturated carbocycles. The highest BCUT2D eigenvalue weighted by atomic mass is 16.3. The third-order valence-corrected chi connectivity index (χ3v) is 4.04. The Morgan fingerprint density at radius 3 is 2.89 bits per heavy atom. The van der Waals surface area contributed by atoms with Crippen LogP contribution in [0, 0.1) is 0 Å². The van der Waals surface area contributed by atoms with Crippen molar-refractivity contribution in [2.45, 2.75) is 19.5 Å². The average Bonchev–Trinajstić information content (AvgIpc) is 3.33. The van der Waals surface area contributed by atoms with E-state index in [4.69, 9.17) is 4.42 Å². The molecule has 9 nitrogen and oxygen atoms in total. The lowest BCUT2D eigenvalue weighted by molar-refractivity contribution is -0.122. The van der Waals surface area contributed by atoms with Crippen LogP contribution in [0.1, 0.15) is 18.8 Å². The molecule has 0 radical (unpaired) electrons. The van der Waals surface area contributed by atoms with Crippen molar-refractivity contribution in [1.29, 1.82) is 0 Å². The zero-order valence-corrected chi connectivity index (χ0v) is 14.4. The number of furan rings is 1. The van der Waals surface area contributed by atoms with Gasteiger partial charge in [-0.1, -0.05) is 6.07 Å². The SMILES string of the molecule is C[C@H](NC(=O)Cn1nc(-c2ccco2)ccc1=O)c1nnc2ccccn12. The van der Waals surface area contributed by atoms with E-state index in [9.17, 15) is 9.59 Å². The first-order chi connectivity index (χ1) is 13.1. The first-order valence-electron chi connectivity index (χ1n) is 8.33. The number of amides is 1. The van der Waals surface area contributed by atoms with E-state index >= 15 is 0 Å². The largest absolute Gasteiger partial charge is 0.463 e. The summed E-state index contributed by atoms with van der Waals surface area (Å²) in [6.07, 6.45) is 3.34.